The lowest BCUT2D eigenvalue weighted by molar-refractivity contribution is -0.118. The number of likely N-dealkylation sites (N-methyl/N-ethyl adjacent to an activating group) is 1. The Balaban J connectivity index is 1.50. The van der Waals surface area contributed by atoms with E-state index in [1.807, 2.05) is 36.4 Å². The molecule has 1 fully saturated rings. The van der Waals surface area contributed by atoms with Crippen molar-refractivity contribution < 1.29 is 9.53 Å². The minimum atomic E-state index is -0.152. The second-order valence-corrected chi connectivity index (χ2v) is 8.86. The predicted octanol–water partition coefficient (Wildman–Crippen LogP) is 3.75. The highest BCUT2D eigenvalue weighted by atomic mass is 16.5. The first-order valence-corrected chi connectivity index (χ1v) is 10.3. The van der Waals surface area contributed by atoms with Crippen LogP contribution in [0.1, 0.15) is 31.9 Å². The van der Waals surface area contributed by atoms with E-state index < -0.39 is 0 Å². The van der Waals surface area contributed by atoms with Crippen LogP contribution in [0.3, 0.4) is 0 Å². The van der Waals surface area contributed by atoms with Crippen LogP contribution in [0.4, 0.5) is 5.69 Å². The number of hydrogen-bond donors (Lipinski definition) is 1. The molecular weight excluding hydrogens is 362 g/mol. The summed E-state index contributed by atoms with van der Waals surface area (Å²) in [6.45, 7) is 11.8. The predicted molar refractivity (Wildman–Crippen MR) is 118 cm³/mol. The van der Waals surface area contributed by atoms with Crippen LogP contribution >= 0.6 is 0 Å². The molecular formula is C24H33N3O2. The Morgan fingerprint density at radius 2 is 1.66 bits per heavy atom. The second-order valence-electron chi connectivity index (χ2n) is 8.86. The fraction of sp³-hybridized carbons (Fsp3) is 0.458. The van der Waals surface area contributed by atoms with Crippen molar-refractivity contribution in [1.29, 1.82) is 0 Å². The number of carbonyl (C=O) groups excluding carboxylic acids is 1. The van der Waals surface area contributed by atoms with Crippen LogP contribution in [0, 0.1) is 0 Å². The first-order chi connectivity index (χ1) is 13.8. The molecule has 2 aromatic rings. The highest BCUT2D eigenvalue weighted by Crippen LogP contribution is 2.30. The van der Waals surface area contributed by atoms with Gasteiger partial charge in [-0.05, 0) is 41.8 Å². The molecule has 0 aromatic heterocycles. The summed E-state index contributed by atoms with van der Waals surface area (Å²) in [6, 6.07) is 16.0. The maximum absolute atomic E-state index is 12.3. The topological polar surface area (TPSA) is 44.8 Å². The molecule has 1 saturated heterocycles. The van der Waals surface area contributed by atoms with E-state index >= 15 is 0 Å². The molecule has 1 aliphatic rings. The molecule has 0 atom stereocenters. The number of piperazine rings is 1. The van der Waals surface area contributed by atoms with Gasteiger partial charge in [0.05, 0.1) is 0 Å². The monoisotopic (exact) mass is 395 g/mol. The molecule has 2 aromatic carbocycles. The second kappa shape index (κ2) is 9.42. The summed E-state index contributed by atoms with van der Waals surface area (Å²) in [5.41, 5.74) is 3.13. The maximum Gasteiger partial charge on any atom is 0.262 e. The van der Waals surface area contributed by atoms with E-state index in [-0.39, 0.29) is 17.9 Å². The molecule has 0 aliphatic carbocycles. The molecule has 29 heavy (non-hydrogen) atoms. The number of nitrogens with one attached hydrogen (secondary N) is 1. The van der Waals surface area contributed by atoms with Gasteiger partial charge in [0.25, 0.3) is 5.91 Å². The number of para-hydroxylation sites is 1. The summed E-state index contributed by atoms with van der Waals surface area (Å²) in [4.78, 5) is 17.2. The number of rotatable bonds is 6. The average Bonchev–Trinajstić information content (AvgIpc) is 2.69. The zero-order valence-electron chi connectivity index (χ0n) is 18.1. The van der Waals surface area contributed by atoms with Crippen LogP contribution in [0.25, 0.3) is 0 Å². The van der Waals surface area contributed by atoms with Gasteiger partial charge in [-0.25, -0.2) is 0 Å². The smallest absolute Gasteiger partial charge is 0.262 e. The van der Waals surface area contributed by atoms with Crippen molar-refractivity contribution in [3.8, 4) is 5.75 Å². The van der Waals surface area contributed by atoms with Crippen LogP contribution in [0.2, 0.25) is 0 Å². The number of benzene rings is 2. The first-order valence-electron chi connectivity index (χ1n) is 10.3. The van der Waals surface area contributed by atoms with Gasteiger partial charge in [0.2, 0.25) is 0 Å². The van der Waals surface area contributed by atoms with Crippen LogP contribution in [0.15, 0.2) is 48.5 Å². The Morgan fingerprint density at radius 1 is 1.00 bits per heavy atom. The van der Waals surface area contributed by atoms with Crippen molar-refractivity contribution in [3.05, 3.63) is 59.7 Å². The Labute approximate surface area is 174 Å². The van der Waals surface area contributed by atoms with E-state index in [2.05, 4.69) is 55.1 Å². The molecule has 3 rings (SSSR count). The molecule has 5 nitrogen and oxygen atoms in total. The summed E-state index contributed by atoms with van der Waals surface area (Å²) < 4.78 is 5.81. The molecule has 0 radical (unpaired) electrons. The van der Waals surface area contributed by atoms with E-state index in [1.165, 1.54) is 5.56 Å². The summed E-state index contributed by atoms with van der Waals surface area (Å²) in [6.07, 6.45) is 0. The summed E-state index contributed by atoms with van der Waals surface area (Å²) in [7, 11) is 2.17. The van der Waals surface area contributed by atoms with Gasteiger partial charge in [0.15, 0.2) is 6.61 Å². The molecule has 0 spiro atoms. The molecule has 1 N–H and O–H groups in total. The Morgan fingerprint density at radius 3 is 2.31 bits per heavy atom. The fourth-order valence-corrected chi connectivity index (χ4v) is 3.51. The molecule has 0 bridgehead atoms. The van der Waals surface area contributed by atoms with Gasteiger partial charge in [-0.15, -0.1) is 0 Å². The summed E-state index contributed by atoms with van der Waals surface area (Å²) >= 11 is 0. The molecule has 1 aliphatic heterocycles. The summed E-state index contributed by atoms with van der Waals surface area (Å²) in [5, 5.41) is 2.92. The zero-order chi connectivity index (χ0) is 20.9. The number of ether oxygens (including phenoxy) is 1. The van der Waals surface area contributed by atoms with Gasteiger partial charge in [-0.3, -0.25) is 9.69 Å². The van der Waals surface area contributed by atoms with E-state index in [4.69, 9.17) is 4.74 Å². The number of anilines is 1. The van der Waals surface area contributed by atoms with Crippen molar-refractivity contribution in [3.63, 3.8) is 0 Å². The van der Waals surface area contributed by atoms with Crippen molar-refractivity contribution in [2.24, 2.45) is 0 Å². The van der Waals surface area contributed by atoms with Crippen LogP contribution < -0.4 is 10.1 Å². The summed E-state index contributed by atoms with van der Waals surface area (Å²) in [5.74, 6) is 0.609. The standard InChI is InChI=1S/C24H33N3O2/c1-24(2,3)21-7-5-6-8-22(21)29-18-23(28)25-20-11-9-19(10-12-20)17-27-15-13-26(4)14-16-27/h5-12H,13-18H2,1-4H3,(H,25,28). The van der Waals surface area contributed by atoms with Gasteiger partial charge in [0, 0.05) is 38.4 Å². The molecule has 1 amide bonds. The third-order valence-corrected chi connectivity index (χ3v) is 5.29. The number of hydrogen-bond acceptors (Lipinski definition) is 4. The lowest BCUT2D eigenvalue weighted by Crippen LogP contribution is -2.43. The Bertz CT molecular complexity index is 804. The average molecular weight is 396 g/mol. The van der Waals surface area contributed by atoms with Gasteiger partial charge >= 0.3 is 0 Å². The molecule has 0 saturated carbocycles. The van der Waals surface area contributed by atoms with Crippen molar-refractivity contribution in [2.75, 3.05) is 45.2 Å². The van der Waals surface area contributed by atoms with Gasteiger partial charge in [-0.2, -0.15) is 0 Å². The Kier molecular flexibility index (Phi) is 6.93. The zero-order valence-corrected chi connectivity index (χ0v) is 18.1. The van der Waals surface area contributed by atoms with E-state index in [0.717, 1.165) is 49.7 Å². The third kappa shape index (κ3) is 6.31. The molecule has 1 heterocycles. The lowest BCUT2D eigenvalue weighted by Gasteiger charge is -2.32. The number of amides is 1. The third-order valence-electron chi connectivity index (χ3n) is 5.29. The minimum absolute atomic E-state index is 0.00383. The quantitative estimate of drug-likeness (QED) is 0.809. The lowest BCUT2D eigenvalue weighted by atomic mass is 9.86. The number of nitrogens with zero attached hydrogens (tertiary/aromatic N) is 2. The molecule has 156 valence electrons. The van der Waals surface area contributed by atoms with Crippen LogP contribution in [0.5, 0.6) is 5.75 Å². The normalized spacial score (nSPS) is 15.9. The van der Waals surface area contributed by atoms with E-state index in [0.29, 0.717) is 0 Å². The van der Waals surface area contributed by atoms with Crippen molar-refractivity contribution >= 4 is 11.6 Å². The molecule has 0 unspecified atom stereocenters. The highest BCUT2D eigenvalue weighted by molar-refractivity contribution is 5.91. The number of carbonyl (C=O) groups is 1. The highest BCUT2D eigenvalue weighted by Gasteiger charge is 2.19. The first kappa shape index (κ1) is 21.3. The minimum Gasteiger partial charge on any atom is -0.483 e. The maximum atomic E-state index is 12.3. The van der Waals surface area contributed by atoms with E-state index in [1.54, 1.807) is 0 Å². The van der Waals surface area contributed by atoms with Gasteiger partial charge in [-0.1, -0.05) is 51.1 Å². The Hall–Kier alpha value is -2.37. The van der Waals surface area contributed by atoms with E-state index in [9.17, 15) is 4.79 Å². The van der Waals surface area contributed by atoms with Gasteiger partial charge < -0.3 is 15.0 Å². The van der Waals surface area contributed by atoms with Gasteiger partial charge in [0.1, 0.15) is 5.75 Å². The van der Waals surface area contributed by atoms with Crippen molar-refractivity contribution in [2.45, 2.75) is 32.7 Å². The van der Waals surface area contributed by atoms with Crippen molar-refractivity contribution in [1.82, 2.24) is 9.80 Å². The SMILES string of the molecule is CN1CCN(Cc2ccc(NC(=O)COc3ccccc3C(C)(C)C)cc2)CC1. The van der Waals surface area contributed by atoms with Crippen LogP contribution in [-0.2, 0) is 16.8 Å². The fourth-order valence-electron chi connectivity index (χ4n) is 3.51. The molecule has 5 heteroatoms. The largest absolute Gasteiger partial charge is 0.483 e. The van der Waals surface area contributed by atoms with Crippen LogP contribution in [-0.4, -0.2) is 55.5 Å².